The van der Waals surface area contributed by atoms with Gasteiger partial charge < -0.3 is 10.1 Å². The molecule has 172 valence electrons. The van der Waals surface area contributed by atoms with Gasteiger partial charge in [-0.25, -0.2) is 4.79 Å². The van der Waals surface area contributed by atoms with Crippen molar-refractivity contribution in [2.45, 2.75) is 19.1 Å². The number of carbonyl (C=O) groups excluding carboxylic acids is 2. The van der Waals surface area contributed by atoms with Gasteiger partial charge in [0.1, 0.15) is 6.04 Å². The summed E-state index contributed by atoms with van der Waals surface area (Å²) >= 11 is 0. The number of amides is 1. The molecule has 3 aromatic rings. The van der Waals surface area contributed by atoms with Crippen LogP contribution >= 0.6 is 37.2 Å². The van der Waals surface area contributed by atoms with E-state index in [2.05, 4.69) is 20.6 Å². The Labute approximate surface area is 205 Å². The Kier molecular flexibility index (Phi) is 13.9. The molecule has 0 radical (unpaired) electrons. The standard InChI is InChI=1S/C22H22N4O3.3ClH/c1-29-22(28)19-4-2-18(3-5-19)20(25-14-16-6-10-23-11-7-16)21(27)26-15-17-8-12-24-13-9-17;;;/h2-13,20,25H,14-15H2,1H3,(H,26,27);3*1H. The minimum absolute atomic E-state index is 0. The maximum absolute atomic E-state index is 12.9. The van der Waals surface area contributed by atoms with Gasteiger partial charge in [-0.1, -0.05) is 12.1 Å². The van der Waals surface area contributed by atoms with Crippen molar-refractivity contribution >= 4 is 49.1 Å². The van der Waals surface area contributed by atoms with E-state index < -0.39 is 12.0 Å². The van der Waals surface area contributed by atoms with Gasteiger partial charge in [-0.2, -0.15) is 0 Å². The first-order valence-electron chi connectivity index (χ1n) is 9.14. The summed E-state index contributed by atoms with van der Waals surface area (Å²) in [6.45, 7) is 0.893. The van der Waals surface area contributed by atoms with E-state index in [4.69, 9.17) is 4.74 Å². The number of nitrogens with one attached hydrogen (secondary N) is 2. The number of halogens is 3. The van der Waals surface area contributed by atoms with Crippen LogP contribution < -0.4 is 10.6 Å². The first-order chi connectivity index (χ1) is 14.2. The summed E-state index contributed by atoms with van der Waals surface area (Å²) in [6.07, 6.45) is 6.79. The van der Waals surface area contributed by atoms with Crippen molar-refractivity contribution in [2.75, 3.05) is 7.11 Å². The van der Waals surface area contributed by atoms with Crippen LogP contribution in [-0.4, -0.2) is 29.0 Å². The molecule has 2 aromatic heterocycles. The zero-order chi connectivity index (χ0) is 20.5. The van der Waals surface area contributed by atoms with E-state index in [9.17, 15) is 9.59 Å². The van der Waals surface area contributed by atoms with E-state index in [1.165, 1.54) is 7.11 Å². The Balaban J connectivity index is 0.00000320. The number of rotatable bonds is 8. The van der Waals surface area contributed by atoms with Crippen molar-refractivity contribution < 1.29 is 14.3 Å². The number of methoxy groups -OCH3 is 1. The molecule has 32 heavy (non-hydrogen) atoms. The van der Waals surface area contributed by atoms with E-state index in [-0.39, 0.29) is 43.1 Å². The molecule has 0 spiro atoms. The lowest BCUT2D eigenvalue weighted by atomic mass is 10.0. The van der Waals surface area contributed by atoms with Gasteiger partial charge in [-0.15, -0.1) is 37.2 Å². The number of hydrogen-bond acceptors (Lipinski definition) is 6. The quantitative estimate of drug-likeness (QED) is 0.459. The van der Waals surface area contributed by atoms with E-state index in [1.807, 2.05) is 24.3 Å². The van der Waals surface area contributed by atoms with Gasteiger partial charge in [0, 0.05) is 37.9 Å². The van der Waals surface area contributed by atoms with Crippen LogP contribution in [0.4, 0.5) is 0 Å². The highest BCUT2D eigenvalue weighted by molar-refractivity contribution is 5.89. The van der Waals surface area contributed by atoms with Crippen LogP contribution in [0.5, 0.6) is 0 Å². The summed E-state index contributed by atoms with van der Waals surface area (Å²) in [5, 5.41) is 6.23. The molecule has 0 fully saturated rings. The van der Waals surface area contributed by atoms with Crippen LogP contribution in [0.25, 0.3) is 0 Å². The molecular formula is C22H25Cl3N4O3. The van der Waals surface area contributed by atoms with Crippen LogP contribution in [0.2, 0.25) is 0 Å². The van der Waals surface area contributed by atoms with Gasteiger partial charge in [0.2, 0.25) is 5.91 Å². The minimum atomic E-state index is -0.586. The summed E-state index contributed by atoms with van der Waals surface area (Å²) < 4.78 is 4.73. The normalized spacial score (nSPS) is 10.4. The van der Waals surface area contributed by atoms with Crippen molar-refractivity contribution in [1.82, 2.24) is 20.6 Å². The topological polar surface area (TPSA) is 93.2 Å². The average molecular weight is 500 g/mol. The highest BCUT2D eigenvalue weighted by atomic mass is 35.5. The molecule has 0 saturated heterocycles. The Morgan fingerprint density at radius 3 is 1.81 bits per heavy atom. The van der Waals surface area contributed by atoms with E-state index >= 15 is 0 Å². The second-order valence-electron chi connectivity index (χ2n) is 6.36. The summed E-state index contributed by atoms with van der Waals surface area (Å²) in [4.78, 5) is 32.6. The molecule has 3 rings (SSSR count). The Bertz CT molecular complexity index is 946. The molecule has 0 aliphatic carbocycles. The first-order valence-corrected chi connectivity index (χ1v) is 9.14. The highest BCUT2D eigenvalue weighted by Crippen LogP contribution is 2.16. The van der Waals surface area contributed by atoms with Gasteiger partial charge in [-0.05, 0) is 53.1 Å². The van der Waals surface area contributed by atoms with E-state index in [0.717, 1.165) is 16.7 Å². The molecule has 0 aliphatic rings. The van der Waals surface area contributed by atoms with Crippen LogP contribution in [0.15, 0.2) is 73.3 Å². The molecule has 1 unspecified atom stereocenters. The lowest BCUT2D eigenvalue weighted by molar-refractivity contribution is -0.123. The molecule has 1 atom stereocenters. The van der Waals surface area contributed by atoms with Crippen molar-refractivity contribution in [3.63, 3.8) is 0 Å². The monoisotopic (exact) mass is 498 g/mol. The molecule has 7 nitrogen and oxygen atoms in total. The second-order valence-corrected chi connectivity index (χ2v) is 6.36. The number of pyridine rings is 2. The van der Waals surface area contributed by atoms with E-state index in [0.29, 0.717) is 18.7 Å². The fourth-order valence-corrected chi connectivity index (χ4v) is 2.80. The summed E-state index contributed by atoms with van der Waals surface area (Å²) in [6, 6.07) is 13.7. The third-order valence-corrected chi connectivity index (χ3v) is 4.40. The lowest BCUT2D eigenvalue weighted by Gasteiger charge is -2.19. The Morgan fingerprint density at radius 1 is 0.812 bits per heavy atom. The molecule has 10 heteroatoms. The molecule has 2 heterocycles. The maximum Gasteiger partial charge on any atom is 0.337 e. The van der Waals surface area contributed by atoms with Gasteiger partial charge >= 0.3 is 5.97 Å². The number of nitrogens with zero attached hydrogens (tertiary/aromatic N) is 2. The number of carbonyl (C=O) groups is 2. The largest absolute Gasteiger partial charge is 0.465 e. The minimum Gasteiger partial charge on any atom is -0.465 e. The number of benzene rings is 1. The predicted molar refractivity (Wildman–Crippen MR) is 129 cm³/mol. The molecule has 1 amide bonds. The predicted octanol–water partition coefficient (Wildman–Crippen LogP) is 3.68. The van der Waals surface area contributed by atoms with Gasteiger partial charge in [0.25, 0.3) is 0 Å². The molecule has 0 saturated carbocycles. The third-order valence-electron chi connectivity index (χ3n) is 4.40. The Morgan fingerprint density at radius 2 is 1.31 bits per heavy atom. The summed E-state index contributed by atoms with van der Waals surface area (Å²) in [7, 11) is 1.34. The van der Waals surface area contributed by atoms with Crippen molar-refractivity contribution in [3.8, 4) is 0 Å². The van der Waals surface area contributed by atoms with Gasteiger partial charge in [-0.3, -0.25) is 20.1 Å². The zero-order valence-electron chi connectivity index (χ0n) is 17.3. The number of esters is 1. The number of aromatic nitrogens is 2. The zero-order valence-corrected chi connectivity index (χ0v) is 19.7. The van der Waals surface area contributed by atoms with Crippen LogP contribution in [-0.2, 0) is 22.6 Å². The second kappa shape index (κ2) is 15.2. The SMILES string of the molecule is COC(=O)c1ccc(C(NCc2ccncc2)C(=O)NCc2ccncc2)cc1.Cl.Cl.Cl. The molecule has 0 aliphatic heterocycles. The van der Waals surface area contributed by atoms with Crippen molar-refractivity contribution in [1.29, 1.82) is 0 Å². The number of hydrogen-bond donors (Lipinski definition) is 2. The molecular weight excluding hydrogens is 475 g/mol. The van der Waals surface area contributed by atoms with Crippen molar-refractivity contribution in [2.24, 2.45) is 0 Å². The first kappa shape index (κ1) is 29.3. The molecule has 2 N–H and O–H groups in total. The number of ether oxygens (including phenoxy) is 1. The van der Waals surface area contributed by atoms with Crippen LogP contribution in [0.3, 0.4) is 0 Å². The van der Waals surface area contributed by atoms with Crippen LogP contribution in [0, 0.1) is 0 Å². The Hall–Kier alpha value is -2.71. The van der Waals surface area contributed by atoms with E-state index in [1.54, 1.807) is 49.1 Å². The average Bonchev–Trinajstić information content (AvgIpc) is 2.79. The third kappa shape index (κ3) is 8.43. The molecule has 0 bridgehead atoms. The molecule has 1 aromatic carbocycles. The van der Waals surface area contributed by atoms with Crippen molar-refractivity contribution in [3.05, 3.63) is 95.6 Å². The fourth-order valence-electron chi connectivity index (χ4n) is 2.80. The summed E-state index contributed by atoms with van der Waals surface area (Å²) in [5.74, 6) is -0.582. The smallest absolute Gasteiger partial charge is 0.337 e. The van der Waals surface area contributed by atoms with Gasteiger partial charge in [0.15, 0.2) is 0 Å². The summed E-state index contributed by atoms with van der Waals surface area (Å²) in [5.41, 5.74) is 3.15. The fraction of sp³-hybridized carbons (Fsp3) is 0.182. The maximum atomic E-state index is 12.9. The highest BCUT2D eigenvalue weighted by Gasteiger charge is 2.20. The lowest BCUT2D eigenvalue weighted by Crippen LogP contribution is -2.37. The van der Waals surface area contributed by atoms with Gasteiger partial charge in [0.05, 0.1) is 12.7 Å². The van der Waals surface area contributed by atoms with Crippen LogP contribution in [0.1, 0.15) is 33.1 Å².